The molecule has 1 heterocycles. The number of fused-ring (bicyclic) bond motifs is 1. The number of nitrogens with one attached hydrogen (secondary N) is 1. The molecule has 0 fully saturated rings. The quantitative estimate of drug-likeness (QED) is 0.709. The van der Waals surface area contributed by atoms with Crippen LogP contribution in [0.2, 0.25) is 0 Å². The van der Waals surface area contributed by atoms with E-state index in [0.717, 1.165) is 4.47 Å². The van der Waals surface area contributed by atoms with Crippen molar-refractivity contribution >= 4 is 49.4 Å². The van der Waals surface area contributed by atoms with E-state index in [4.69, 9.17) is 14.2 Å². The van der Waals surface area contributed by atoms with E-state index in [-0.39, 0.29) is 12.4 Å². The van der Waals surface area contributed by atoms with Crippen molar-refractivity contribution in [3.05, 3.63) is 50.9 Å². The largest absolute Gasteiger partial charge is 0.454 e. The number of carbonyl (C=O) groups is 2. The highest BCUT2D eigenvalue weighted by Crippen LogP contribution is 2.32. The molecule has 124 valence electrons. The Labute approximate surface area is 154 Å². The van der Waals surface area contributed by atoms with Gasteiger partial charge in [-0.2, -0.15) is 0 Å². The summed E-state index contributed by atoms with van der Waals surface area (Å²) in [6, 6.07) is 10.0. The van der Waals surface area contributed by atoms with Crippen LogP contribution < -0.4 is 14.8 Å². The third kappa shape index (κ3) is 3.88. The Bertz CT molecular complexity index is 809. The van der Waals surface area contributed by atoms with Crippen LogP contribution in [0.1, 0.15) is 10.4 Å². The summed E-state index contributed by atoms with van der Waals surface area (Å²) < 4.78 is 17.0. The van der Waals surface area contributed by atoms with Crippen LogP contribution in [0, 0.1) is 0 Å². The van der Waals surface area contributed by atoms with E-state index in [0.29, 0.717) is 21.7 Å². The number of carbonyl (C=O) groups excluding carboxylic acids is 2. The normalized spacial score (nSPS) is 11.9. The van der Waals surface area contributed by atoms with Gasteiger partial charge in [0, 0.05) is 8.95 Å². The van der Waals surface area contributed by atoms with Crippen molar-refractivity contribution < 1.29 is 23.8 Å². The zero-order chi connectivity index (χ0) is 17.1. The first-order valence-corrected chi connectivity index (χ1v) is 8.43. The van der Waals surface area contributed by atoms with Crippen LogP contribution in [-0.4, -0.2) is 25.3 Å². The van der Waals surface area contributed by atoms with Gasteiger partial charge in [-0.15, -0.1) is 0 Å². The molecule has 1 N–H and O–H groups in total. The maximum atomic E-state index is 12.0. The van der Waals surface area contributed by atoms with Crippen LogP contribution in [-0.2, 0) is 9.53 Å². The highest BCUT2D eigenvalue weighted by atomic mass is 79.9. The lowest BCUT2D eigenvalue weighted by Gasteiger charge is -2.09. The van der Waals surface area contributed by atoms with E-state index in [9.17, 15) is 9.59 Å². The molecule has 0 saturated carbocycles. The Morgan fingerprint density at radius 1 is 1.08 bits per heavy atom. The molecule has 0 spiro atoms. The molecule has 1 aliphatic rings. The lowest BCUT2D eigenvalue weighted by Crippen LogP contribution is -2.21. The van der Waals surface area contributed by atoms with Gasteiger partial charge in [0.05, 0.1) is 11.3 Å². The topological polar surface area (TPSA) is 73.9 Å². The van der Waals surface area contributed by atoms with Crippen molar-refractivity contribution in [2.75, 3.05) is 18.7 Å². The molecule has 6 nitrogen and oxygen atoms in total. The third-order valence-corrected chi connectivity index (χ3v) is 4.30. The Hall–Kier alpha value is -2.06. The van der Waals surface area contributed by atoms with E-state index < -0.39 is 18.5 Å². The number of halogens is 2. The van der Waals surface area contributed by atoms with E-state index >= 15 is 0 Å². The van der Waals surface area contributed by atoms with Gasteiger partial charge >= 0.3 is 5.97 Å². The summed E-state index contributed by atoms with van der Waals surface area (Å²) in [6.07, 6.45) is 0. The predicted octanol–water partition coefficient (Wildman–Crippen LogP) is 3.74. The molecule has 3 rings (SSSR count). The van der Waals surface area contributed by atoms with Crippen molar-refractivity contribution in [1.82, 2.24) is 0 Å². The van der Waals surface area contributed by atoms with E-state index in [1.165, 1.54) is 6.07 Å². The van der Waals surface area contributed by atoms with Gasteiger partial charge in [0.15, 0.2) is 18.1 Å². The molecule has 0 unspecified atom stereocenters. The second-order valence-electron chi connectivity index (χ2n) is 4.82. The van der Waals surface area contributed by atoms with Crippen molar-refractivity contribution in [3.8, 4) is 11.5 Å². The molecule has 24 heavy (non-hydrogen) atoms. The molecule has 0 atom stereocenters. The first-order valence-electron chi connectivity index (χ1n) is 6.84. The fourth-order valence-electron chi connectivity index (χ4n) is 2.02. The minimum atomic E-state index is -0.613. The Morgan fingerprint density at radius 2 is 1.88 bits per heavy atom. The van der Waals surface area contributed by atoms with Gasteiger partial charge in [0.25, 0.3) is 5.91 Å². The predicted molar refractivity (Wildman–Crippen MR) is 93.3 cm³/mol. The van der Waals surface area contributed by atoms with Crippen LogP contribution in [0.5, 0.6) is 11.5 Å². The van der Waals surface area contributed by atoms with Crippen LogP contribution in [0.15, 0.2) is 45.3 Å². The molecule has 1 aliphatic heterocycles. The number of anilines is 1. The Balaban J connectivity index is 1.57. The molecule has 2 aromatic carbocycles. The minimum absolute atomic E-state index is 0.123. The number of esters is 1. The lowest BCUT2D eigenvalue weighted by atomic mass is 10.2. The average Bonchev–Trinajstić information content (AvgIpc) is 3.03. The van der Waals surface area contributed by atoms with Gasteiger partial charge < -0.3 is 19.5 Å². The molecular weight excluding hydrogens is 446 g/mol. The highest BCUT2D eigenvalue weighted by molar-refractivity contribution is 9.11. The van der Waals surface area contributed by atoms with Crippen molar-refractivity contribution in [3.63, 3.8) is 0 Å². The molecule has 0 aliphatic carbocycles. The summed E-state index contributed by atoms with van der Waals surface area (Å²) in [5.41, 5.74) is 0.874. The molecular formula is C16H11Br2NO5. The van der Waals surface area contributed by atoms with Crippen molar-refractivity contribution in [1.29, 1.82) is 0 Å². The highest BCUT2D eigenvalue weighted by Gasteiger charge is 2.17. The number of rotatable bonds is 4. The molecule has 0 radical (unpaired) electrons. The summed E-state index contributed by atoms with van der Waals surface area (Å²) >= 11 is 6.67. The van der Waals surface area contributed by atoms with Crippen LogP contribution in [0.25, 0.3) is 0 Å². The average molecular weight is 457 g/mol. The lowest BCUT2D eigenvalue weighted by molar-refractivity contribution is -0.119. The van der Waals surface area contributed by atoms with E-state index in [1.54, 1.807) is 30.3 Å². The molecule has 2 aromatic rings. The maximum absolute atomic E-state index is 12.0. The molecule has 0 aromatic heterocycles. The van der Waals surface area contributed by atoms with Gasteiger partial charge in [-0.3, -0.25) is 4.79 Å². The number of amides is 1. The fraction of sp³-hybridized carbons (Fsp3) is 0.125. The van der Waals surface area contributed by atoms with E-state index in [2.05, 4.69) is 37.2 Å². The summed E-state index contributed by atoms with van der Waals surface area (Å²) in [4.78, 5) is 23.9. The van der Waals surface area contributed by atoms with Crippen LogP contribution >= 0.6 is 31.9 Å². The standard InChI is InChI=1S/C16H11Br2NO5/c17-10-2-3-12(11(18)6-10)19-15(20)7-22-16(21)9-1-4-13-14(5-9)24-8-23-13/h1-6H,7-8H2,(H,19,20). The third-order valence-electron chi connectivity index (χ3n) is 3.15. The Kier molecular flexibility index (Phi) is 5.06. The first kappa shape index (κ1) is 16.8. The fourth-order valence-corrected chi connectivity index (χ4v) is 3.16. The van der Waals surface area contributed by atoms with Gasteiger partial charge in [-0.25, -0.2) is 4.79 Å². The SMILES string of the molecule is O=C(COC(=O)c1ccc2c(c1)OCO2)Nc1ccc(Br)cc1Br. The summed E-state index contributed by atoms with van der Waals surface area (Å²) in [5, 5.41) is 2.66. The molecule has 1 amide bonds. The number of benzene rings is 2. The number of hydrogen-bond donors (Lipinski definition) is 1. The summed E-state index contributed by atoms with van der Waals surface area (Å²) in [7, 11) is 0. The molecule has 8 heteroatoms. The second-order valence-corrected chi connectivity index (χ2v) is 6.59. The Morgan fingerprint density at radius 3 is 2.67 bits per heavy atom. The van der Waals surface area contributed by atoms with Gasteiger partial charge in [0.2, 0.25) is 6.79 Å². The van der Waals surface area contributed by atoms with Crippen molar-refractivity contribution in [2.24, 2.45) is 0 Å². The van der Waals surface area contributed by atoms with Gasteiger partial charge in [0.1, 0.15) is 0 Å². The maximum Gasteiger partial charge on any atom is 0.338 e. The molecule has 0 saturated heterocycles. The van der Waals surface area contributed by atoms with Crippen molar-refractivity contribution in [2.45, 2.75) is 0 Å². The van der Waals surface area contributed by atoms with Gasteiger partial charge in [-0.1, -0.05) is 15.9 Å². The van der Waals surface area contributed by atoms with Crippen LogP contribution in [0.3, 0.4) is 0 Å². The molecule has 0 bridgehead atoms. The second kappa shape index (κ2) is 7.23. The minimum Gasteiger partial charge on any atom is -0.454 e. The van der Waals surface area contributed by atoms with Gasteiger partial charge in [-0.05, 0) is 52.3 Å². The number of ether oxygens (including phenoxy) is 3. The number of hydrogen-bond acceptors (Lipinski definition) is 5. The first-order chi connectivity index (χ1) is 11.5. The monoisotopic (exact) mass is 455 g/mol. The van der Waals surface area contributed by atoms with Crippen LogP contribution in [0.4, 0.5) is 5.69 Å². The zero-order valence-corrected chi connectivity index (χ0v) is 15.3. The van der Waals surface area contributed by atoms with E-state index in [1.807, 2.05) is 0 Å². The summed E-state index contributed by atoms with van der Waals surface area (Å²) in [6.45, 7) is -0.270. The zero-order valence-electron chi connectivity index (χ0n) is 12.2. The summed E-state index contributed by atoms with van der Waals surface area (Å²) in [5.74, 6) is 0.00233. The smallest absolute Gasteiger partial charge is 0.338 e.